The van der Waals surface area contributed by atoms with Gasteiger partial charge in [-0.05, 0) is 43.7 Å². The highest BCUT2D eigenvalue weighted by molar-refractivity contribution is 7.14. The number of anilines is 1. The lowest BCUT2D eigenvalue weighted by molar-refractivity contribution is -0.121. The van der Waals surface area contributed by atoms with Crippen molar-refractivity contribution in [3.63, 3.8) is 0 Å². The summed E-state index contributed by atoms with van der Waals surface area (Å²) in [6.07, 6.45) is 2.30. The summed E-state index contributed by atoms with van der Waals surface area (Å²) in [4.78, 5) is 19.1. The number of halogens is 1. The Kier molecular flexibility index (Phi) is 5.74. The van der Waals surface area contributed by atoms with Gasteiger partial charge in [0.15, 0.2) is 5.13 Å². The Labute approximate surface area is 150 Å². The number of hydrogen-bond acceptors (Lipinski definition) is 5. The minimum Gasteiger partial charge on any atom is -0.302 e. The number of hydrogen-bond donors (Lipinski definition) is 1. The molecule has 1 aromatic carbocycles. The number of benzene rings is 1. The summed E-state index contributed by atoms with van der Waals surface area (Å²) in [6, 6.07) is 8.28. The maximum atomic E-state index is 13.0. The third kappa shape index (κ3) is 4.62. The van der Waals surface area contributed by atoms with Gasteiger partial charge in [-0.25, -0.2) is 9.37 Å². The molecule has 1 saturated heterocycles. The van der Waals surface area contributed by atoms with Crippen LogP contribution in [0.25, 0.3) is 11.3 Å². The van der Waals surface area contributed by atoms with Crippen LogP contribution in [0.5, 0.6) is 0 Å². The van der Waals surface area contributed by atoms with Gasteiger partial charge in [-0.1, -0.05) is 0 Å². The van der Waals surface area contributed by atoms with Gasteiger partial charge in [0.1, 0.15) is 5.82 Å². The number of rotatable bonds is 5. The van der Waals surface area contributed by atoms with Crippen LogP contribution in [0.4, 0.5) is 9.52 Å². The summed E-state index contributed by atoms with van der Waals surface area (Å²) in [7, 11) is 0. The average Bonchev–Trinajstić information content (AvgIpc) is 3.09. The second-order valence-electron chi connectivity index (χ2n) is 6.08. The molecule has 0 aliphatic carbocycles. The largest absolute Gasteiger partial charge is 0.302 e. The number of piperidine rings is 1. The van der Waals surface area contributed by atoms with Crippen molar-refractivity contribution >= 4 is 22.4 Å². The van der Waals surface area contributed by atoms with Crippen LogP contribution in [0.2, 0.25) is 0 Å². The third-order valence-electron chi connectivity index (χ3n) is 4.29. The molecule has 1 atom stereocenters. The topological polar surface area (TPSA) is 69.0 Å². The second-order valence-corrected chi connectivity index (χ2v) is 6.94. The normalized spacial score (nSPS) is 17.8. The molecule has 2 heterocycles. The second kappa shape index (κ2) is 8.19. The zero-order chi connectivity index (χ0) is 17.6. The van der Waals surface area contributed by atoms with E-state index in [0.29, 0.717) is 24.6 Å². The molecule has 0 bridgehead atoms. The van der Waals surface area contributed by atoms with Gasteiger partial charge in [-0.2, -0.15) is 5.26 Å². The van der Waals surface area contributed by atoms with Crippen LogP contribution in [-0.4, -0.2) is 35.4 Å². The van der Waals surface area contributed by atoms with E-state index in [2.05, 4.69) is 21.3 Å². The van der Waals surface area contributed by atoms with E-state index in [1.165, 1.54) is 23.5 Å². The summed E-state index contributed by atoms with van der Waals surface area (Å²) in [5.74, 6) is -0.391. The fourth-order valence-electron chi connectivity index (χ4n) is 2.97. The molecule has 1 N–H and O–H groups in total. The average molecular weight is 358 g/mol. The zero-order valence-electron chi connectivity index (χ0n) is 13.7. The SMILES string of the molecule is N#CCCN1CCCC(C(=O)Nc2nc(-c3ccc(F)cc3)cs2)C1. The molecule has 1 aliphatic heterocycles. The highest BCUT2D eigenvalue weighted by atomic mass is 32.1. The molecule has 0 radical (unpaired) electrons. The minimum atomic E-state index is -0.286. The van der Waals surface area contributed by atoms with Crippen molar-refractivity contribution in [2.75, 3.05) is 25.0 Å². The van der Waals surface area contributed by atoms with E-state index in [4.69, 9.17) is 5.26 Å². The van der Waals surface area contributed by atoms with Crippen LogP contribution in [0.1, 0.15) is 19.3 Å². The van der Waals surface area contributed by atoms with Crippen molar-refractivity contribution in [1.82, 2.24) is 9.88 Å². The van der Waals surface area contributed by atoms with E-state index < -0.39 is 0 Å². The maximum absolute atomic E-state index is 13.0. The number of aromatic nitrogens is 1. The fraction of sp³-hybridized carbons (Fsp3) is 0.389. The van der Waals surface area contributed by atoms with Crippen LogP contribution in [0, 0.1) is 23.1 Å². The standard InChI is InChI=1S/C18H19FN4OS/c19-15-6-4-13(5-7-15)16-12-25-18(21-16)22-17(24)14-3-1-9-23(11-14)10-2-8-20/h4-7,12,14H,1-3,9-11H2,(H,21,22,24). The number of carbonyl (C=O) groups is 1. The van der Waals surface area contributed by atoms with Crippen LogP contribution < -0.4 is 5.32 Å². The fourth-order valence-corrected chi connectivity index (χ4v) is 3.70. The summed E-state index contributed by atoms with van der Waals surface area (Å²) in [6.45, 7) is 2.34. The quantitative estimate of drug-likeness (QED) is 0.888. The molecule has 25 heavy (non-hydrogen) atoms. The van der Waals surface area contributed by atoms with E-state index in [9.17, 15) is 9.18 Å². The number of nitrogens with one attached hydrogen (secondary N) is 1. The molecule has 0 saturated carbocycles. The summed E-state index contributed by atoms with van der Waals surface area (Å²) >= 11 is 1.36. The van der Waals surface area contributed by atoms with E-state index >= 15 is 0 Å². The Morgan fingerprint density at radius 3 is 3.00 bits per heavy atom. The lowest BCUT2D eigenvalue weighted by Gasteiger charge is -2.31. The number of nitriles is 1. The molecule has 1 fully saturated rings. The molecule has 1 aromatic heterocycles. The predicted octanol–water partition coefficient (Wildman–Crippen LogP) is 3.51. The van der Waals surface area contributed by atoms with E-state index in [1.54, 1.807) is 12.1 Å². The molecule has 3 rings (SSSR count). The van der Waals surface area contributed by atoms with Gasteiger partial charge in [0.25, 0.3) is 0 Å². The smallest absolute Gasteiger partial charge is 0.230 e. The zero-order valence-corrected chi connectivity index (χ0v) is 14.6. The van der Waals surface area contributed by atoms with Crippen molar-refractivity contribution in [1.29, 1.82) is 5.26 Å². The first-order chi connectivity index (χ1) is 12.2. The van der Waals surface area contributed by atoms with Crippen molar-refractivity contribution in [3.05, 3.63) is 35.5 Å². The predicted molar refractivity (Wildman–Crippen MR) is 95.5 cm³/mol. The van der Waals surface area contributed by atoms with Crippen molar-refractivity contribution in [2.24, 2.45) is 5.92 Å². The highest BCUT2D eigenvalue weighted by Gasteiger charge is 2.26. The number of carbonyl (C=O) groups excluding carboxylic acids is 1. The van der Waals surface area contributed by atoms with Crippen molar-refractivity contribution in [3.8, 4) is 17.3 Å². The molecule has 1 unspecified atom stereocenters. The first-order valence-electron chi connectivity index (χ1n) is 8.27. The highest BCUT2D eigenvalue weighted by Crippen LogP contribution is 2.26. The van der Waals surface area contributed by atoms with Crippen LogP contribution in [-0.2, 0) is 4.79 Å². The van der Waals surface area contributed by atoms with E-state index in [1.807, 2.05) is 5.38 Å². The lowest BCUT2D eigenvalue weighted by atomic mass is 9.97. The van der Waals surface area contributed by atoms with Crippen molar-refractivity contribution in [2.45, 2.75) is 19.3 Å². The Morgan fingerprint density at radius 1 is 1.44 bits per heavy atom. The minimum absolute atomic E-state index is 0.0262. The molecule has 0 spiro atoms. The lowest BCUT2D eigenvalue weighted by Crippen LogP contribution is -2.41. The van der Waals surface area contributed by atoms with Crippen LogP contribution in [0.15, 0.2) is 29.6 Å². The van der Waals surface area contributed by atoms with Gasteiger partial charge < -0.3 is 10.2 Å². The third-order valence-corrected chi connectivity index (χ3v) is 5.05. The van der Waals surface area contributed by atoms with Gasteiger partial charge in [0.05, 0.1) is 17.7 Å². The Balaban J connectivity index is 1.59. The van der Waals surface area contributed by atoms with Gasteiger partial charge in [0, 0.05) is 30.5 Å². The summed E-state index contributed by atoms with van der Waals surface area (Å²) in [5.41, 5.74) is 1.54. The molecular weight excluding hydrogens is 339 g/mol. The molecular formula is C18H19FN4OS. The monoisotopic (exact) mass is 358 g/mol. The molecule has 130 valence electrons. The molecule has 5 nitrogen and oxygen atoms in total. The number of amides is 1. The number of thiazole rings is 1. The molecule has 1 amide bonds. The van der Waals surface area contributed by atoms with Crippen LogP contribution >= 0.6 is 11.3 Å². The summed E-state index contributed by atoms with van der Waals surface area (Å²) in [5, 5.41) is 14.0. The van der Waals surface area contributed by atoms with Crippen LogP contribution in [0.3, 0.4) is 0 Å². The van der Waals surface area contributed by atoms with Gasteiger partial charge >= 0.3 is 0 Å². The van der Waals surface area contributed by atoms with Crippen molar-refractivity contribution < 1.29 is 9.18 Å². The Morgan fingerprint density at radius 2 is 2.24 bits per heavy atom. The molecule has 7 heteroatoms. The van der Waals surface area contributed by atoms with E-state index in [0.717, 1.165) is 30.6 Å². The number of nitrogens with zero attached hydrogens (tertiary/aromatic N) is 3. The number of likely N-dealkylation sites (tertiary alicyclic amines) is 1. The van der Waals surface area contributed by atoms with E-state index in [-0.39, 0.29) is 17.6 Å². The summed E-state index contributed by atoms with van der Waals surface area (Å²) < 4.78 is 13.0. The molecule has 2 aromatic rings. The maximum Gasteiger partial charge on any atom is 0.230 e. The van der Waals surface area contributed by atoms with Gasteiger partial charge in [-0.15, -0.1) is 11.3 Å². The first-order valence-corrected chi connectivity index (χ1v) is 9.15. The molecule has 1 aliphatic rings. The Bertz CT molecular complexity index is 768. The van der Waals surface area contributed by atoms with Gasteiger partial charge in [-0.3, -0.25) is 4.79 Å². The first kappa shape index (κ1) is 17.5. The van der Waals surface area contributed by atoms with Gasteiger partial charge in [0.2, 0.25) is 5.91 Å². The Hall–Kier alpha value is -2.30.